The molecule has 3 aromatic rings. The zero-order chi connectivity index (χ0) is 21.9. The zero-order valence-corrected chi connectivity index (χ0v) is 17.5. The van der Waals surface area contributed by atoms with Crippen LogP contribution in [0.15, 0.2) is 54.3 Å². The summed E-state index contributed by atoms with van der Waals surface area (Å²) in [5.41, 5.74) is 2.10. The fourth-order valence-corrected chi connectivity index (χ4v) is 3.47. The van der Waals surface area contributed by atoms with E-state index in [4.69, 9.17) is 0 Å². The highest BCUT2D eigenvalue weighted by Gasteiger charge is 2.31. The van der Waals surface area contributed by atoms with Gasteiger partial charge in [0.05, 0.1) is 16.8 Å². The number of alkyl halides is 3. The Morgan fingerprint density at radius 3 is 2.50 bits per heavy atom. The maximum Gasteiger partial charge on any atom is 0.573 e. The average Bonchev–Trinajstić information content (AvgIpc) is 3.08. The Bertz CT molecular complexity index is 1030. The molecule has 0 saturated carbocycles. The SMILES string of the molecule is C=CN(C)c1ncc(SCC)c(-c2ncc(-c3ccc(OC(F)(F)F)cc3)n2C)n1. The van der Waals surface area contributed by atoms with Crippen LogP contribution in [-0.2, 0) is 7.05 Å². The number of hydrogen-bond acceptors (Lipinski definition) is 6. The second-order valence-electron chi connectivity index (χ2n) is 6.21. The lowest BCUT2D eigenvalue weighted by Gasteiger charge is -2.15. The molecule has 0 aliphatic heterocycles. The fraction of sp³-hybridized carbons (Fsp3) is 0.250. The summed E-state index contributed by atoms with van der Waals surface area (Å²) in [6.45, 7) is 5.76. The molecule has 6 nitrogen and oxygen atoms in total. The van der Waals surface area contributed by atoms with E-state index < -0.39 is 6.36 Å². The molecule has 2 aromatic heterocycles. The smallest absolute Gasteiger partial charge is 0.406 e. The molecule has 0 spiro atoms. The standard InChI is InChI=1S/C20H20F3N5OS/c1-5-27(3)19-25-12-16(30-6-2)17(26-19)18-24-11-15(28(18)4)13-7-9-14(10-8-13)29-20(21,22)23/h5,7-12H,1,6H2,2-4H3. The Labute approximate surface area is 176 Å². The molecule has 0 bridgehead atoms. The Balaban J connectivity index is 1.99. The summed E-state index contributed by atoms with van der Waals surface area (Å²) in [6, 6.07) is 5.66. The van der Waals surface area contributed by atoms with Gasteiger partial charge in [-0.15, -0.1) is 24.9 Å². The lowest BCUT2D eigenvalue weighted by atomic mass is 10.1. The largest absolute Gasteiger partial charge is 0.573 e. The molecule has 0 atom stereocenters. The van der Waals surface area contributed by atoms with Crippen LogP contribution in [0.4, 0.5) is 19.1 Å². The van der Waals surface area contributed by atoms with Gasteiger partial charge in [0.15, 0.2) is 5.82 Å². The van der Waals surface area contributed by atoms with Gasteiger partial charge in [-0.05, 0) is 36.2 Å². The first-order valence-electron chi connectivity index (χ1n) is 8.97. The number of rotatable bonds is 7. The van der Waals surface area contributed by atoms with Crippen LogP contribution in [0.2, 0.25) is 0 Å². The molecule has 0 N–H and O–H groups in total. The van der Waals surface area contributed by atoms with Crippen molar-refractivity contribution in [2.75, 3.05) is 17.7 Å². The highest BCUT2D eigenvalue weighted by molar-refractivity contribution is 7.99. The molecule has 1 aromatic carbocycles. The number of halogens is 3. The quantitative estimate of drug-likeness (QED) is 0.480. The predicted octanol–water partition coefficient (Wildman–Crippen LogP) is 5.13. The van der Waals surface area contributed by atoms with E-state index in [0.29, 0.717) is 23.0 Å². The van der Waals surface area contributed by atoms with E-state index in [1.807, 2.05) is 18.5 Å². The number of aromatic nitrogens is 4. The lowest BCUT2D eigenvalue weighted by Crippen LogP contribution is -2.16. The fourth-order valence-electron chi connectivity index (χ4n) is 2.76. The molecule has 30 heavy (non-hydrogen) atoms. The van der Waals surface area contributed by atoms with Gasteiger partial charge in [0, 0.05) is 25.9 Å². The third-order valence-electron chi connectivity index (χ3n) is 4.22. The van der Waals surface area contributed by atoms with Crippen LogP contribution in [0, 0.1) is 0 Å². The van der Waals surface area contributed by atoms with Gasteiger partial charge in [-0.3, -0.25) is 0 Å². The maximum absolute atomic E-state index is 12.4. The summed E-state index contributed by atoms with van der Waals surface area (Å²) in [4.78, 5) is 16.1. The minimum Gasteiger partial charge on any atom is -0.406 e. The number of imidazole rings is 1. The van der Waals surface area contributed by atoms with Crippen molar-refractivity contribution < 1.29 is 17.9 Å². The first-order chi connectivity index (χ1) is 14.2. The van der Waals surface area contributed by atoms with Gasteiger partial charge < -0.3 is 14.2 Å². The summed E-state index contributed by atoms with van der Waals surface area (Å²) in [5, 5.41) is 0. The van der Waals surface area contributed by atoms with Crippen LogP contribution in [0.1, 0.15) is 6.92 Å². The summed E-state index contributed by atoms with van der Waals surface area (Å²) in [6.07, 6.45) is 0.301. The van der Waals surface area contributed by atoms with Crippen molar-refractivity contribution >= 4 is 17.7 Å². The monoisotopic (exact) mass is 435 g/mol. The van der Waals surface area contributed by atoms with Crippen molar-refractivity contribution in [3.05, 3.63) is 49.4 Å². The molecule has 10 heteroatoms. The predicted molar refractivity (Wildman–Crippen MR) is 111 cm³/mol. The summed E-state index contributed by atoms with van der Waals surface area (Å²) < 4.78 is 42.9. The van der Waals surface area contributed by atoms with Gasteiger partial charge in [-0.1, -0.05) is 13.5 Å². The van der Waals surface area contributed by atoms with Crippen molar-refractivity contribution in [2.45, 2.75) is 18.2 Å². The third kappa shape index (κ3) is 4.76. The molecule has 158 valence electrons. The zero-order valence-electron chi connectivity index (χ0n) is 16.6. The second kappa shape index (κ2) is 8.78. The lowest BCUT2D eigenvalue weighted by molar-refractivity contribution is -0.274. The number of ether oxygens (including phenoxy) is 1. The number of nitrogens with zero attached hydrogens (tertiary/aromatic N) is 5. The van der Waals surface area contributed by atoms with Gasteiger partial charge in [0.2, 0.25) is 5.95 Å². The first-order valence-corrected chi connectivity index (χ1v) is 9.95. The molecule has 2 heterocycles. The molecule has 0 radical (unpaired) electrons. The molecular formula is C20H20F3N5OS. The topological polar surface area (TPSA) is 56.1 Å². The molecule has 0 fully saturated rings. The van der Waals surface area contributed by atoms with E-state index in [-0.39, 0.29) is 5.75 Å². The van der Waals surface area contributed by atoms with Gasteiger partial charge in [0.25, 0.3) is 0 Å². The Hall–Kier alpha value is -3.01. The number of anilines is 1. The molecule has 0 aliphatic rings. The van der Waals surface area contributed by atoms with E-state index >= 15 is 0 Å². The van der Waals surface area contributed by atoms with Crippen LogP contribution < -0.4 is 9.64 Å². The van der Waals surface area contributed by atoms with E-state index in [2.05, 4.69) is 26.3 Å². The normalized spacial score (nSPS) is 11.4. The van der Waals surface area contributed by atoms with Crippen LogP contribution in [0.5, 0.6) is 5.75 Å². The van der Waals surface area contributed by atoms with Crippen LogP contribution in [0.25, 0.3) is 22.8 Å². The highest BCUT2D eigenvalue weighted by atomic mass is 32.2. The minimum absolute atomic E-state index is 0.275. The van der Waals surface area contributed by atoms with Gasteiger partial charge in [-0.25, -0.2) is 15.0 Å². The Kier molecular flexibility index (Phi) is 6.35. The van der Waals surface area contributed by atoms with E-state index in [1.54, 1.807) is 54.4 Å². The minimum atomic E-state index is -4.72. The molecule has 3 rings (SSSR count). The third-order valence-corrected chi connectivity index (χ3v) is 5.11. The van der Waals surface area contributed by atoms with Gasteiger partial charge in [0.1, 0.15) is 11.4 Å². The van der Waals surface area contributed by atoms with E-state index in [9.17, 15) is 13.2 Å². The van der Waals surface area contributed by atoms with Gasteiger partial charge >= 0.3 is 6.36 Å². The van der Waals surface area contributed by atoms with Crippen molar-refractivity contribution in [1.82, 2.24) is 19.5 Å². The Morgan fingerprint density at radius 2 is 1.90 bits per heavy atom. The molecular weight excluding hydrogens is 415 g/mol. The molecule has 0 aliphatic carbocycles. The van der Waals surface area contributed by atoms with Crippen LogP contribution >= 0.6 is 11.8 Å². The summed E-state index contributed by atoms with van der Waals surface area (Å²) in [7, 11) is 3.63. The number of benzene rings is 1. The maximum atomic E-state index is 12.4. The molecule has 0 saturated heterocycles. The van der Waals surface area contributed by atoms with Crippen molar-refractivity contribution in [3.8, 4) is 28.5 Å². The van der Waals surface area contributed by atoms with Gasteiger partial charge in [-0.2, -0.15) is 0 Å². The van der Waals surface area contributed by atoms with Crippen molar-refractivity contribution in [2.24, 2.45) is 7.05 Å². The average molecular weight is 435 g/mol. The Morgan fingerprint density at radius 1 is 1.20 bits per heavy atom. The summed E-state index contributed by atoms with van der Waals surface area (Å²) in [5.74, 6) is 1.67. The van der Waals surface area contributed by atoms with Crippen LogP contribution in [0.3, 0.4) is 0 Å². The molecule has 0 amide bonds. The number of thioether (sulfide) groups is 1. The van der Waals surface area contributed by atoms with Crippen molar-refractivity contribution in [3.63, 3.8) is 0 Å². The first kappa shape index (κ1) is 21.7. The highest BCUT2D eigenvalue weighted by Crippen LogP contribution is 2.33. The van der Waals surface area contributed by atoms with E-state index in [0.717, 1.165) is 16.3 Å². The second-order valence-corrected chi connectivity index (χ2v) is 7.51. The van der Waals surface area contributed by atoms with Crippen molar-refractivity contribution in [1.29, 1.82) is 0 Å². The van der Waals surface area contributed by atoms with E-state index in [1.165, 1.54) is 12.1 Å². The number of hydrogen-bond donors (Lipinski definition) is 0. The molecule has 0 unspecified atom stereocenters. The van der Waals surface area contributed by atoms with Crippen LogP contribution in [-0.4, -0.2) is 38.7 Å². The summed E-state index contributed by atoms with van der Waals surface area (Å²) >= 11 is 1.60.